The van der Waals surface area contributed by atoms with Gasteiger partial charge in [0.05, 0.1) is 12.6 Å². The van der Waals surface area contributed by atoms with E-state index in [9.17, 15) is 9.59 Å². The van der Waals surface area contributed by atoms with Crippen molar-refractivity contribution in [3.63, 3.8) is 0 Å². The SMILES string of the molecule is CC(C)[C@H](N)C(=O)NCC(=O)N1CCC(c2nc3cc(Cl)ccc3o2)CC1.Cl.Cl. The van der Waals surface area contributed by atoms with Crippen LogP contribution in [0.5, 0.6) is 0 Å². The van der Waals surface area contributed by atoms with Crippen LogP contribution in [0, 0.1) is 5.92 Å². The van der Waals surface area contributed by atoms with Crippen molar-refractivity contribution in [2.75, 3.05) is 19.6 Å². The van der Waals surface area contributed by atoms with Crippen molar-refractivity contribution in [2.45, 2.75) is 38.6 Å². The van der Waals surface area contributed by atoms with Gasteiger partial charge in [0.2, 0.25) is 11.8 Å². The molecular formula is C19H27Cl3N4O3. The number of fused-ring (bicyclic) bond motifs is 1. The zero-order chi connectivity index (χ0) is 19.6. The lowest BCUT2D eigenvalue weighted by Gasteiger charge is -2.30. The van der Waals surface area contributed by atoms with E-state index in [0.29, 0.717) is 24.0 Å². The van der Waals surface area contributed by atoms with E-state index in [4.69, 9.17) is 21.8 Å². The molecule has 1 aromatic carbocycles. The molecule has 162 valence electrons. The molecule has 0 radical (unpaired) electrons. The number of amides is 2. The highest BCUT2D eigenvalue weighted by Gasteiger charge is 2.27. The smallest absolute Gasteiger partial charge is 0.241 e. The van der Waals surface area contributed by atoms with Crippen LogP contribution in [-0.4, -0.2) is 47.4 Å². The summed E-state index contributed by atoms with van der Waals surface area (Å²) in [6.45, 7) is 4.93. The molecule has 2 aromatic rings. The van der Waals surface area contributed by atoms with Crippen LogP contribution in [0.1, 0.15) is 38.5 Å². The summed E-state index contributed by atoms with van der Waals surface area (Å²) in [6, 6.07) is 4.78. The van der Waals surface area contributed by atoms with Crippen molar-refractivity contribution in [1.82, 2.24) is 15.2 Å². The fourth-order valence-electron chi connectivity index (χ4n) is 3.16. The van der Waals surface area contributed by atoms with Crippen LogP contribution in [0.3, 0.4) is 0 Å². The minimum atomic E-state index is -0.601. The molecule has 1 saturated heterocycles. The third-order valence-corrected chi connectivity index (χ3v) is 5.23. The first kappa shape index (κ1) is 25.5. The van der Waals surface area contributed by atoms with E-state index in [2.05, 4.69) is 10.3 Å². The van der Waals surface area contributed by atoms with Gasteiger partial charge >= 0.3 is 0 Å². The maximum Gasteiger partial charge on any atom is 0.241 e. The summed E-state index contributed by atoms with van der Waals surface area (Å²) < 4.78 is 5.84. The highest BCUT2D eigenvalue weighted by molar-refractivity contribution is 6.31. The van der Waals surface area contributed by atoms with Gasteiger partial charge in [-0.15, -0.1) is 24.8 Å². The Morgan fingerprint density at radius 1 is 1.31 bits per heavy atom. The Labute approximate surface area is 187 Å². The normalized spacial score (nSPS) is 15.6. The molecule has 1 fully saturated rings. The van der Waals surface area contributed by atoms with Gasteiger partial charge in [0.1, 0.15) is 5.52 Å². The molecule has 10 heteroatoms. The first-order valence-electron chi connectivity index (χ1n) is 9.22. The molecule has 29 heavy (non-hydrogen) atoms. The van der Waals surface area contributed by atoms with Crippen molar-refractivity contribution in [1.29, 1.82) is 0 Å². The molecule has 1 aliphatic rings. The van der Waals surface area contributed by atoms with Crippen molar-refractivity contribution in [3.8, 4) is 0 Å². The first-order chi connectivity index (χ1) is 12.8. The van der Waals surface area contributed by atoms with Gasteiger partial charge in [-0.05, 0) is 37.0 Å². The van der Waals surface area contributed by atoms with Crippen LogP contribution in [0.4, 0.5) is 0 Å². The molecule has 1 aromatic heterocycles. The predicted molar refractivity (Wildman–Crippen MR) is 118 cm³/mol. The quantitative estimate of drug-likeness (QED) is 0.706. The summed E-state index contributed by atoms with van der Waals surface area (Å²) in [5.41, 5.74) is 7.26. The molecule has 1 atom stereocenters. The number of hydrogen-bond acceptors (Lipinski definition) is 5. The molecule has 2 amide bonds. The predicted octanol–water partition coefficient (Wildman–Crippen LogP) is 3.13. The van der Waals surface area contributed by atoms with Crippen LogP contribution in [0.2, 0.25) is 5.02 Å². The minimum Gasteiger partial charge on any atom is -0.440 e. The Bertz CT molecular complexity index is 835. The fourth-order valence-corrected chi connectivity index (χ4v) is 3.33. The maximum atomic E-state index is 12.3. The number of nitrogens with zero attached hydrogens (tertiary/aromatic N) is 2. The summed E-state index contributed by atoms with van der Waals surface area (Å²) in [7, 11) is 0. The molecule has 0 unspecified atom stereocenters. The average Bonchev–Trinajstić information content (AvgIpc) is 3.08. The van der Waals surface area contributed by atoms with Crippen LogP contribution in [-0.2, 0) is 9.59 Å². The van der Waals surface area contributed by atoms with E-state index in [1.54, 1.807) is 17.0 Å². The Kier molecular flexibility index (Phi) is 9.68. The number of likely N-dealkylation sites (tertiary alicyclic amines) is 1. The van der Waals surface area contributed by atoms with E-state index in [0.717, 1.165) is 23.9 Å². The van der Waals surface area contributed by atoms with Crippen LogP contribution in [0.25, 0.3) is 11.1 Å². The molecule has 0 bridgehead atoms. The molecule has 3 rings (SSSR count). The lowest BCUT2D eigenvalue weighted by atomic mass is 9.97. The number of benzene rings is 1. The number of oxazole rings is 1. The number of hydrogen-bond donors (Lipinski definition) is 2. The number of nitrogens with one attached hydrogen (secondary N) is 1. The summed E-state index contributed by atoms with van der Waals surface area (Å²) in [5, 5.41) is 3.26. The number of aromatic nitrogens is 1. The molecule has 2 heterocycles. The highest BCUT2D eigenvalue weighted by Crippen LogP contribution is 2.30. The molecule has 0 spiro atoms. The summed E-state index contributed by atoms with van der Waals surface area (Å²) >= 11 is 5.99. The van der Waals surface area contributed by atoms with Crippen LogP contribution >= 0.6 is 36.4 Å². The number of carbonyl (C=O) groups is 2. The van der Waals surface area contributed by atoms with Gasteiger partial charge in [-0.1, -0.05) is 25.4 Å². The van der Waals surface area contributed by atoms with Gasteiger partial charge in [0, 0.05) is 24.0 Å². The second-order valence-electron chi connectivity index (χ2n) is 7.31. The Balaban J connectivity index is 0.00000210. The van der Waals surface area contributed by atoms with Crippen molar-refractivity contribution >= 4 is 59.3 Å². The second kappa shape index (κ2) is 11.0. The Morgan fingerprint density at radius 2 is 1.97 bits per heavy atom. The van der Waals surface area contributed by atoms with E-state index >= 15 is 0 Å². The lowest BCUT2D eigenvalue weighted by Crippen LogP contribution is -2.49. The van der Waals surface area contributed by atoms with Gasteiger partial charge in [-0.2, -0.15) is 0 Å². The van der Waals surface area contributed by atoms with E-state index in [1.807, 2.05) is 19.9 Å². The summed E-state index contributed by atoms with van der Waals surface area (Å²) in [5.74, 6) is 0.502. The maximum absolute atomic E-state index is 12.3. The third kappa shape index (κ3) is 6.22. The number of rotatable bonds is 5. The van der Waals surface area contributed by atoms with Crippen LogP contribution < -0.4 is 11.1 Å². The molecule has 0 saturated carbocycles. The Morgan fingerprint density at radius 3 is 2.59 bits per heavy atom. The van der Waals surface area contributed by atoms with Gasteiger partial charge in [0.25, 0.3) is 0 Å². The van der Waals surface area contributed by atoms with Crippen molar-refractivity contribution in [3.05, 3.63) is 29.1 Å². The number of carbonyl (C=O) groups excluding carboxylic acids is 2. The number of halogens is 3. The molecule has 7 nitrogen and oxygen atoms in total. The fraction of sp³-hybridized carbons (Fsp3) is 0.526. The van der Waals surface area contributed by atoms with Crippen molar-refractivity contribution < 1.29 is 14.0 Å². The van der Waals surface area contributed by atoms with Gasteiger partial charge in [0.15, 0.2) is 11.5 Å². The summed E-state index contributed by atoms with van der Waals surface area (Å²) in [6.07, 6.45) is 1.54. The minimum absolute atomic E-state index is 0. The van der Waals surface area contributed by atoms with Crippen LogP contribution in [0.15, 0.2) is 22.6 Å². The Hall–Kier alpha value is -1.54. The lowest BCUT2D eigenvalue weighted by molar-refractivity contribution is -0.134. The zero-order valence-electron chi connectivity index (χ0n) is 16.4. The monoisotopic (exact) mass is 464 g/mol. The summed E-state index contributed by atoms with van der Waals surface area (Å²) in [4.78, 5) is 30.5. The van der Waals surface area contributed by atoms with Gasteiger partial charge < -0.3 is 20.4 Å². The molecule has 1 aliphatic heterocycles. The first-order valence-corrected chi connectivity index (χ1v) is 9.60. The van der Waals surface area contributed by atoms with E-state index < -0.39 is 6.04 Å². The van der Waals surface area contributed by atoms with Gasteiger partial charge in [-0.25, -0.2) is 4.98 Å². The third-order valence-electron chi connectivity index (χ3n) is 5.00. The van der Waals surface area contributed by atoms with E-state index in [1.165, 1.54) is 0 Å². The topological polar surface area (TPSA) is 101 Å². The second-order valence-corrected chi connectivity index (χ2v) is 7.74. The number of nitrogens with two attached hydrogens (primary N) is 1. The molecule has 3 N–H and O–H groups in total. The standard InChI is InChI=1S/C19H25ClN4O3.2ClH/c1-11(2)17(21)18(26)22-10-16(25)24-7-5-12(6-8-24)19-23-14-9-13(20)3-4-15(14)27-19;;/h3-4,9,11-12,17H,5-8,10,21H2,1-2H3,(H,22,26);2*1H/t17-;;/m0../s1. The molecular weight excluding hydrogens is 439 g/mol. The van der Waals surface area contributed by atoms with Crippen molar-refractivity contribution in [2.24, 2.45) is 11.7 Å². The van der Waals surface area contributed by atoms with E-state index in [-0.39, 0.29) is 55.0 Å². The van der Waals surface area contributed by atoms with Gasteiger partial charge in [-0.3, -0.25) is 9.59 Å². The zero-order valence-corrected chi connectivity index (χ0v) is 18.8. The molecule has 0 aliphatic carbocycles. The number of piperidine rings is 1. The highest BCUT2D eigenvalue weighted by atomic mass is 35.5. The largest absolute Gasteiger partial charge is 0.440 e. The average molecular weight is 466 g/mol.